The number of fused-ring (bicyclic) bond motifs is 1. The van der Waals surface area contributed by atoms with Gasteiger partial charge in [0, 0.05) is 48.3 Å². The van der Waals surface area contributed by atoms with Gasteiger partial charge in [-0.2, -0.15) is 0 Å². The van der Waals surface area contributed by atoms with Crippen molar-refractivity contribution in [3.8, 4) is 22.4 Å². The number of pyridine rings is 1. The maximum absolute atomic E-state index is 13.6. The van der Waals surface area contributed by atoms with Gasteiger partial charge in [0.15, 0.2) is 0 Å². The molecular weight excluding hydrogens is 421 g/mol. The van der Waals surface area contributed by atoms with E-state index in [9.17, 15) is 4.39 Å². The lowest BCUT2D eigenvalue weighted by Gasteiger charge is -2.29. The predicted octanol–water partition coefficient (Wildman–Crippen LogP) is 6.75. The Labute approximate surface area is 199 Å². The molecule has 1 unspecified atom stereocenters. The highest BCUT2D eigenvalue weighted by Crippen LogP contribution is 2.43. The number of nitrogens with zero attached hydrogens (tertiary/aromatic N) is 2. The molecule has 4 heteroatoms. The fourth-order valence-corrected chi connectivity index (χ4v) is 5.34. The SMILES string of the molecule is Cc1[nH]c(-c2ccc(F)cc2)c(-c2ccncc2)c1C1=CC2C=C(c3ccccc3)CN2CC1. The number of aromatic amines is 1. The van der Waals surface area contributed by atoms with Crippen LogP contribution in [0.15, 0.2) is 91.3 Å². The first-order chi connectivity index (χ1) is 16.7. The molecule has 6 rings (SSSR count). The lowest BCUT2D eigenvalue weighted by molar-refractivity contribution is 0.306. The maximum Gasteiger partial charge on any atom is 0.123 e. The molecule has 1 atom stereocenters. The van der Waals surface area contributed by atoms with Crippen molar-refractivity contribution in [2.24, 2.45) is 0 Å². The van der Waals surface area contributed by atoms with Gasteiger partial charge in [0.2, 0.25) is 0 Å². The van der Waals surface area contributed by atoms with E-state index in [-0.39, 0.29) is 5.82 Å². The zero-order chi connectivity index (χ0) is 23.1. The quantitative estimate of drug-likeness (QED) is 0.375. The van der Waals surface area contributed by atoms with Gasteiger partial charge in [0.1, 0.15) is 5.82 Å². The molecule has 0 bridgehead atoms. The highest BCUT2D eigenvalue weighted by molar-refractivity contribution is 5.93. The molecule has 2 aliphatic heterocycles. The van der Waals surface area contributed by atoms with Crippen LogP contribution in [0.4, 0.5) is 4.39 Å². The summed E-state index contributed by atoms with van der Waals surface area (Å²) in [4.78, 5) is 10.4. The Hall–Kier alpha value is -3.76. The molecule has 3 nitrogen and oxygen atoms in total. The maximum atomic E-state index is 13.6. The van der Waals surface area contributed by atoms with Gasteiger partial charge in [0.25, 0.3) is 0 Å². The Balaban J connectivity index is 1.46. The van der Waals surface area contributed by atoms with E-state index in [4.69, 9.17) is 0 Å². The topological polar surface area (TPSA) is 31.9 Å². The molecule has 4 heterocycles. The van der Waals surface area contributed by atoms with Crippen molar-refractivity contribution in [1.82, 2.24) is 14.9 Å². The molecule has 0 aliphatic carbocycles. The van der Waals surface area contributed by atoms with E-state index in [1.165, 1.54) is 34.4 Å². The molecule has 0 radical (unpaired) electrons. The molecule has 0 saturated carbocycles. The lowest BCUT2D eigenvalue weighted by atomic mass is 9.89. The van der Waals surface area contributed by atoms with Crippen LogP contribution < -0.4 is 0 Å². The van der Waals surface area contributed by atoms with Gasteiger partial charge in [-0.15, -0.1) is 0 Å². The molecule has 0 saturated heterocycles. The summed E-state index contributed by atoms with van der Waals surface area (Å²) in [6.45, 7) is 4.15. The van der Waals surface area contributed by atoms with Crippen molar-refractivity contribution in [2.45, 2.75) is 19.4 Å². The second kappa shape index (κ2) is 8.54. The van der Waals surface area contributed by atoms with Gasteiger partial charge in [-0.05, 0) is 77.6 Å². The van der Waals surface area contributed by atoms with Crippen molar-refractivity contribution in [3.05, 3.63) is 114 Å². The van der Waals surface area contributed by atoms with Crippen molar-refractivity contribution in [1.29, 1.82) is 0 Å². The van der Waals surface area contributed by atoms with Crippen LogP contribution in [-0.2, 0) is 0 Å². The molecule has 2 aliphatic rings. The van der Waals surface area contributed by atoms with Crippen LogP contribution >= 0.6 is 0 Å². The molecule has 0 spiro atoms. The number of nitrogens with one attached hydrogen (secondary N) is 1. The second-order valence-electron chi connectivity index (χ2n) is 9.08. The summed E-state index contributed by atoms with van der Waals surface area (Å²) in [5.41, 5.74) is 10.7. The van der Waals surface area contributed by atoms with E-state index < -0.39 is 0 Å². The largest absolute Gasteiger partial charge is 0.358 e. The molecule has 2 aromatic heterocycles. The third kappa shape index (κ3) is 3.70. The molecule has 168 valence electrons. The minimum atomic E-state index is -0.227. The average molecular weight is 448 g/mol. The minimum absolute atomic E-state index is 0.227. The number of benzene rings is 2. The zero-order valence-corrected chi connectivity index (χ0v) is 19.1. The van der Waals surface area contributed by atoms with Crippen LogP contribution in [0.1, 0.15) is 23.2 Å². The average Bonchev–Trinajstić information content (AvgIpc) is 3.46. The van der Waals surface area contributed by atoms with E-state index in [2.05, 4.69) is 76.4 Å². The fraction of sp³-hybridized carbons (Fsp3) is 0.167. The molecule has 1 N–H and O–H groups in total. The Morgan fingerprint density at radius 1 is 0.824 bits per heavy atom. The second-order valence-corrected chi connectivity index (χ2v) is 9.08. The molecule has 0 fully saturated rings. The summed E-state index contributed by atoms with van der Waals surface area (Å²) >= 11 is 0. The standard InChI is InChI=1S/C30H26FN3/c1-20-28(24-13-16-34-19-25(18-27(34)17-24)21-5-3-2-4-6-21)29(22-11-14-32-15-12-22)30(33-20)23-7-9-26(31)10-8-23/h2-12,14-15,17-18,27,33H,13,16,19H2,1H3. The van der Waals surface area contributed by atoms with Crippen molar-refractivity contribution < 1.29 is 4.39 Å². The van der Waals surface area contributed by atoms with E-state index in [0.717, 1.165) is 47.6 Å². The number of H-pyrrole nitrogens is 1. The lowest BCUT2D eigenvalue weighted by Crippen LogP contribution is -2.33. The Bertz CT molecular complexity index is 1380. The fourth-order valence-electron chi connectivity index (χ4n) is 5.34. The van der Waals surface area contributed by atoms with Gasteiger partial charge >= 0.3 is 0 Å². The van der Waals surface area contributed by atoms with Gasteiger partial charge in [-0.1, -0.05) is 42.5 Å². The normalized spacial score (nSPS) is 17.9. The van der Waals surface area contributed by atoms with Crippen LogP contribution in [0, 0.1) is 12.7 Å². The molecule has 34 heavy (non-hydrogen) atoms. The molecule has 2 aromatic carbocycles. The van der Waals surface area contributed by atoms with Gasteiger partial charge in [-0.25, -0.2) is 4.39 Å². The van der Waals surface area contributed by atoms with Gasteiger partial charge < -0.3 is 4.98 Å². The third-order valence-electron chi connectivity index (χ3n) is 6.96. The summed E-state index contributed by atoms with van der Waals surface area (Å²) in [5.74, 6) is -0.227. The predicted molar refractivity (Wildman–Crippen MR) is 137 cm³/mol. The Morgan fingerprint density at radius 2 is 1.56 bits per heavy atom. The van der Waals surface area contributed by atoms with Crippen molar-refractivity contribution in [3.63, 3.8) is 0 Å². The van der Waals surface area contributed by atoms with Crippen molar-refractivity contribution >= 4 is 11.1 Å². The third-order valence-corrected chi connectivity index (χ3v) is 6.96. The molecular formula is C30H26FN3. The minimum Gasteiger partial charge on any atom is -0.358 e. The van der Waals surface area contributed by atoms with Crippen LogP contribution in [0.5, 0.6) is 0 Å². The van der Waals surface area contributed by atoms with Crippen LogP contribution in [0.2, 0.25) is 0 Å². The first-order valence-electron chi connectivity index (χ1n) is 11.8. The molecule has 4 aromatic rings. The number of aryl methyl sites for hydroxylation is 1. The van der Waals surface area contributed by atoms with Crippen LogP contribution in [0.25, 0.3) is 33.5 Å². The highest BCUT2D eigenvalue weighted by Gasteiger charge is 2.30. The van der Waals surface area contributed by atoms with Gasteiger partial charge in [-0.3, -0.25) is 9.88 Å². The van der Waals surface area contributed by atoms with Gasteiger partial charge in [0.05, 0.1) is 5.69 Å². The number of hydrogen-bond donors (Lipinski definition) is 1. The highest BCUT2D eigenvalue weighted by atomic mass is 19.1. The van der Waals surface area contributed by atoms with E-state index in [1.54, 1.807) is 0 Å². The first kappa shape index (κ1) is 20.8. The number of halogens is 1. The summed E-state index contributed by atoms with van der Waals surface area (Å²) in [6.07, 6.45) is 9.49. The van der Waals surface area contributed by atoms with E-state index >= 15 is 0 Å². The van der Waals surface area contributed by atoms with Crippen LogP contribution in [-0.4, -0.2) is 34.0 Å². The summed E-state index contributed by atoms with van der Waals surface area (Å²) in [5, 5.41) is 0. The number of hydrogen-bond acceptors (Lipinski definition) is 2. The summed E-state index contributed by atoms with van der Waals surface area (Å²) in [6, 6.07) is 21.8. The van der Waals surface area contributed by atoms with E-state index in [0.29, 0.717) is 6.04 Å². The monoisotopic (exact) mass is 447 g/mol. The van der Waals surface area contributed by atoms with E-state index in [1.807, 2.05) is 24.5 Å². The zero-order valence-electron chi connectivity index (χ0n) is 19.1. The van der Waals surface area contributed by atoms with Crippen molar-refractivity contribution in [2.75, 3.05) is 13.1 Å². The first-order valence-corrected chi connectivity index (χ1v) is 11.8. The smallest absolute Gasteiger partial charge is 0.123 e. The number of rotatable bonds is 4. The number of aromatic nitrogens is 2. The summed E-state index contributed by atoms with van der Waals surface area (Å²) in [7, 11) is 0. The summed E-state index contributed by atoms with van der Waals surface area (Å²) < 4.78 is 13.6. The Morgan fingerprint density at radius 3 is 2.32 bits per heavy atom. The van der Waals surface area contributed by atoms with Crippen LogP contribution in [0.3, 0.4) is 0 Å². The Kier molecular flexibility index (Phi) is 5.23. The molecule has 0 amide bonds.